The first-order valence-corrected chi connectivity index (χ1v) is 14.5. The van der Waals surface area contributed by atoms with E-state index in [0.29, 0.717) is 0 Å². The molecule has 2 aliphatic rings. The van der Waals surface area contributed by atoms with Crippen molar-refractivity contribution in [3.8, 4) is 22.3 Å². The van der Waals surface area contributed by atoms with Gasteiger partial charge in [0.2, 0.25) is 0 Å². The molecule has 0 saturated carbocycles. The van der Waals surface area contributed by atoms with Crippen LogP contribution in [0.1, 0.15) is 34.8 Å². The molecule has 0 unspecified atom stereocenters. The van der Waals surface area contributed by atoms with Gasteiger partial charge in [0.15, 0.2) is 0 Å². The van der Waals surface area contributed by atoms with Crippen molar-refractivity contribution in [3.05, 3.63) is 119 Å². The van der Waals surface area contributed by atoms with Crippen molar-refractivity contribution in [3.63, 3.8) is 0 Å². The lowest BCUT2D eigenvalue weighted by Crippen LogP contribution is -2.14. The highest BCUT2D eigenvalue weighted by Crippen LogP contribution is 2.33. The van der Waals surface area contributed by atoms with Crippen LogP contribution < -0.4 is 0 Å². The fraction of sp³-hybridized carbons (Fsp3) is 0.135. The third-order valence-electron chi connectivity index (χ3n) is 7.83. The highest BCUT2D eigenvalue weighted by molar-refractivity contribution is 5.93. The van der Waals surface area contributed by atoms with Gasteiger partial charge in [0.05, 0.1) is 22.8 Å². The highest BCUT2D eigenvalue weighted by atomic mass is 15.0. The molecule has 0 amide bonds. The van der Waals surface area contributed by atoms with Gasteiger partial charge in [0.1, 0.15) is 0 Å². The molecule has 206 valence electrons. The number of aromatic amines is 2. The Morgan fingerprint density at radius 1 is 0.571 bits per heavy atom. The van der Waals surface area contributed by atoms with Crippen LogP contribution in [0, 0.1) is 0 Å². The first-order chi connectivity index (χ1) is 20.6. The number of rotatable bonds is 6. The Labute approximate surface area is 246 Å². The summed E-state index contributed by atoms with van der Waals surface area (Å²) in [5.41, 5.74) is 13.6. The summed E-state index contributed by atoms with van der Waals surface area (Å²) in [5, 5.41) is 0. The zero-order valence-electron chi connectivity index (χ0n) is 23.9. The van der Waals surface area contributed by atoms with Crippen molar-refractivity contribution in [1.29, 1.82) is 0 Å². The van der Waals surface area contributed by atoms with Gasteiger partial charge in [-0.05, 0) is 99.2 Å². The fourth-order valence-corrected chi connectivity index (χ4v) is 5.84. The Morgan fingerprint density at radius 2 is 1.05 bits per heavy atom. The molecule has 2 aliphatic heterocycles. The number of nitrogens with one attached hydrogen (secondary N) is 2. The molecule has 42 heavy (non-hydrogen) atoms. The van der Waals surface area contributed by atoms with E-state index in [1.807, 2.05) is 0 Å². The summed E-state index contributed by atoms with van der Waals surface area (Å²) in [6.45, 7) is 1.00. The predicted octanol–water partition coefficient (Wildman–Crippen LogP) is 8.48. The molecule has 0 radical (unpaired) electrons. The van der Waals surface area contributed by atoms with Crippen molar-refractivity contribution in [2.75, 3.05) is 20.6 Å². The standard InChI is InChI=1S/C37H33N5/c1-42(2)23-9-14-29-30-19-21-34(40-30)36(25-10-5-3-6-11-25)32-17-15-27(38-32)24-28-16-18-33(39-28)37(26-12-7-4-8-13-26)35-22-20-31(29)41-35/h3-8,10-13,15-22,24,38-39H,9,14,23H2,1-2H3. The van der Waals surface area contributed by atoms with E-state index < -0.39 is 0 Å². The summed E-state index contributed by atoms with van der Waals surface area (Å²) >= 11 is 0. The second kappa shape index (κ2) is 11.1. The number of nitrogens with zero attached hydrogens (tertiary/aromatic N) is 3. The van der Waals surface area contributed by atoms with E-state index in [1.165, 1.54) is 5.56 Å². The van der Waals surface area contributed by atoms with Crippen molar-refractivity contribution < 1.29 is 0 Å². The third kappa shape index (κ3) is 5.11. The minimum absolute atomic E-state index is 0.890. The van der Waals surface area contributed by atoms with Crippen molar-refractivity contribution in [2.24, 2.45) is 0 Å². The number of hydrogen-bond acceptors (Lipinski definition) is 3. The van der Waals surface area contributed by atoms with Crippen LogP contribution >= 0.6 is 0 Å². The van der Waals surface area contributed by atoms with Gasteiger partial charge in [-0.2, -0.15) is 0 Å². The van der Waals surface area contributed by atoms with Gasteiger partial charge in [-0.1, -0.05) is 60.7 Å². The van der Waals surface area contributed by atoms with Crippen LogP contribution in [-0.2, 0) is 6.42 Å². The molecule has 0 fully saturated rings. The van der Waals surface area contributed by atoms with E-state index >= 15 is 0 Å². The largest absolute Gasteiger partial charge is 0.355 e. The minimum atomic E-state index is 0.890. The van der Waals surface area contributed by atoms with E-state index in [2.05, 4.69) is 144 Å². The molecule has 0 atom stereocenters. The summed E-state index contributed by atoms with van der Waals surface area (Å²) in [6.07, 6.45) is 10.5. The van der Waals surface area contributed by atoms with E-state index in [0.717, 1.165) is 86.5 Å². The Morgan fingerprint density at radius 3 is 1.52 bits per heavy atom. The van der Waals surface area contributed by atoms with Gasteiger partial charge in [-0.3, -0.25) is 0 Å². The van der Waals surface area contributed by atoms with E-state index in [-0.39, 0.29) is 0 Å². The molecule has 5 aromatic rings. The molecule has 0 spiro atoms. The molecule has 0 saturated heterocycles. The average molecular weight is 548 g/mol. The van der Waals surface area contributed by atoms with E-state index in [1.54, 1.807) is 0 Å². The molecular weight excluding hydrogens is 514 g/mol. The summed E-state index contributed by atoms with van der Waals surface area (Å²) < 4.78 is 0. The van der Waals surface area contributed by atoms with E-state index in [9.17, 15) is 0 Å². The Hall–Kier alpha value is -5.00. The number of hydrogen-bond donors (Lipinski definition) is 2. The number of fused-ring (bicyclic) bond motifs is 8. The number of aromatic nitrogens is 4. The Balaban J connectivity index is 1.57. The molecule has 5 heterocycles. The molecule has 2 aromatic carbocycles. The fourth-order valence-electron chi connectivity index (χ4n) is 5.84. The molecule has 5 heteroatoms. The normalized spacial score (nSPS) is 12.4. The molecule has 3 aromatic heterocycles. The maximum atomic E-state index is 5.26. The van der Waals surface area contributed by atoms with Gasteiger partial charge >= 0.3 is 0 Å². The van der Waals surface area contributed by atoms with Crippen LogP contribution in [0.3, 0.4) is 0 Å². The molecule has 7 rings (SSSR count). The van der Waals surface area contributed by atoms with Crippen LogP contribution in [0.25, 0.3) is 68.6 Å². The van der Waals surface area contributed by atoms with Crippen molar-refractivity contribution in [2.45, 2.75) is 12.8 Å². The van der Waals surface area contributed by atoms with Crippen LogP contribution in [0.15, 0.2) is 91.0 Å². The Bertz CT molecular complexity index is 1840. The molecule has 2 N–H and O–H groups in total. The van der Waals surface area contributed by atoms with Crippen LogP contribution in [0.5, 0.6) is 0 Å². The maximum absolute atomic E-state index is 5.26. The first kappa shape index (κ1) is 25.9. The Kier molecular flexibility index (Phi) is 6.86. The lowest BCUT2D eigenvalue weighted by atomic mass is 10.0. The quantitative estimate of drug-likeness (QED) is 0.219. The molecule has 8 bridgehead atoms. The monoisotopic (exact) mass is 547 g/mol. The van der Waals surface area contributed by atoms with Gasteiger partial charge in [0, 0.05) is 38.8 Å². The molecule has 5 nitrogen and oxygen atoms in total. The maximum Gasteiger partial charge on any atom is 0.0737 e. The zero-order valence-corrected chi connectivity index (χ0v) is 23.9. The predicted molar refractivity (Wildman–Crippen MR) is 177 cm³/mol. The summed E-state index contributed by atoms with van der Waals surface area (Å²) in [6, 6.07) is 31.7. The average Bonchev–Trinajstić information content (AvgIpc) is 3.82. The van der Waals surface area contributed by atoms with Crippen molar-refractivity contribution in [1.82, 2.24) is 24.8 Å². The van der Waals surface area contributed by atoms with Gasteiger partial charge in [0.25, 0.3) is 0 Å². The number of benzene rings is 2. The SMILES string of the molecule is CN(C)CCCc1c2nc(c(-c3ccccc3)c3ccc(cc4ccc([nH]4)c(-c4ccccc4)c4nc1C=C4)[nH]3)C=C2. The smallest absolute Gasteiger partial charge is 0.0737 e. The van der Waals surface area contributed by atoms with E-state index in [4.69, 9.17) is 9.97 Å². The summed E-state index contributed by atoms with van der Waals surface area (Å²) in [5.74, 6) is 0. The highest BCUT2D eigenvalue weighted by Gasteiger charge is 2.17. The lowest BCUT2D eigenvalue weighted by Gasteiger charge is -2.10. The van der Waals surface area contributed by atoms with Crippen LogP contribution in [0.4, 0.5) is 0 Å². The number of H-pyrrole nitrogens is 2. The lowest BCUT2D eigenvalue weighted by molar-refractivity contribution is 0.400. The zero-order chi connectivity index (χ0) is 28.5. The van der Waals surface area contributed by atoms with Crippen molar-refractivity contribution >= 4 is 46.4 Å². The van der Waals surface area contributed by atoms with Gasteiger partial charge in [-0.15, -0.1) is 0 Å². The second-order valence-electron chi connectivity index (χ2n) is 11.1. The van der Waals surface area contributed by atoms with Crippen LogP contribution in [0.2, 0.25) is 0 Å². The first-order valence-electron chi connectivity index (χ1n) is 14.5. The van der Waals surface area contributed by atoms with Gasteiger partial charge < -0.3 is 14.9 Å². The summed E-state index contributed by atoms with van der Waals surface area (Å²) in [4.78, 5) is 20.1. The topological polar surface area (TPSA) is 60.6 Å². The van der Waals surface area contributed by atoms with Crippen LogP contribution in [-0.4, -0.2) is 45.5 Å². The van der Waals surface area contributed by atoms with Gasteiger partial charge in [-0.25, -0.2) is 9.97 Å². The minimum Gasteiger partial charge on any atom is -0.355 e. The molecule has 0 aliphatic carbocycles. The third-order valence-corrected chi connectivity index (χ3v) is 7.83. The summed E-state index contributed by atoms with van der Waals surface area (Å²) in [7, 11) is 4.24. The molecular formula is C37H33N5. The second-order valence-corrected chi connectivity index (χ2v) is 11.1.